The normalized spacial score (nSPS) is 14.0. The van der Waals surface area contributed by atoms with E-state index in [1.807, 2.05) is 5.70 Å². The van der Waals surface area contributed by atoms with E-state index in [0.29, 0.717) is 0 Å². The zero-order valence-corrected chi connectivity index (χ0v) is 15.8. The third kappa shape index (κ3) is 13.3. The summed E-state index contributed by atoms with van der Waals surface area (Å²) in [6.45, 7) is 12.2. The molecule has 0 fully saturated rings. The first-order valence-corrected chi connectivity index (χ1v) is 11.5. The molecule has 0 radical (unpaired) electrons. The van der Waals surface area contributed by atoms with Crippen molar-refractivity contribution in [2.75, 3.05) is 13.2 Å². The Balaban J connectivity index is 3.55. The Morgan fingerprint density at radius 2 is 1.10 bits per heavy atom. The van der Waals surface area contributed by atoms with Crippen LogP contribution in [0.4, 0.5) is 0 Å². The van der Waals surface area contributed by atoms with Gasteiger partial charge in [-0.2, -0.15) is 0 Å². The summed E-state index contributed by atoms with van der Waals surface area (Å²) in [7, 11) is -2.10. The Morgan fingerprint density at radius 1 is 0.714 bits per heavy atom. The highest BCUT2D eigenvalue weighted by atomic mass is 28.4. The standard InChI is InChI=1S/C18H38O2Si/c1-5-8-10-12-13-14-16-18-20-21(4,7-3)19-17-15-11-9-6-2/h7H,3,5-6,8-18H2,1-2,4H3. The van der Waals surface area contributed by atoms with Gasteiger partial charge in [-0.25, -0.2) is 0 Å². The molecule has 1 unspecified atom stereocenters. The maximum atomic E-state index is 6.01. The Hall–Kier alpha value is -0.123. The maximum absolute atomic E-state index is 6.01. The zero-order valence-electron chi connectivity index (χ0n) is 14.8. The van der Waals surface area contributed by atoms with Gasteiger partial charge in [0.25, 0.3) is 0 Å². The monoisotopic (exact) mass is 314 g/mol. The molecule has 0 aliphatic heterocycles. The molecule has 0 bridgehead atoms. The molecule has 126 valence electrons. The van der Waals surface area contributed by atoms with Crippen LogP contribution in [0.25, 0.3) is 0 Å². The summed E-state index contributed by atoms with van der Waals surface area (Å²) in [5, 5.41) is 0. The van der Waals surface area contributed by atoms with E-state index in [4.69, 9.17) is 8.85 Å². The van der Waals surface area contributed by atoms with Gasteiger partial charge in [-0.3, -0.25) is 0 Å². The van der Waals surface area contributed by atoms with Crippen LogP contribution < -0.4 is 0 Å². The summed E-state index contributed by atoms with van der Waals surface area (Å²) in [6, 6.07) is 0. The van der Waals surface area contributed by atoms with Gasteiger partial charge < -0.3 is 8.85 Å². The second-order valence-electron chi connectivity index (χ2n) is 6.10. The Labute approximate surface area is 134 Å². The van der Waals surface area contributed by atoms with Gasteiger partial charge in [0.15, 0.2) is 0 Å². The minimum atomic E-state index is -2.10. The SMILES string of the molecule is C=C[Si](C)(OCCCCCC)OCCCCCCCCC. The number of hydrogen-bond donors (Lipinski definition) is 0. The van der Waals surface area contributed by atoms with Crippen molar-refractivity contribution in [3.63, 3.8) is 0 Å². The highest BCUT2D eigenvalue weighted by Gasteiger charge is 2.26. The van der Waals surface area contributed by atoms with E-state index in [0.717, 1.165) is 26.1 Å². The molecule has 0 amide bonds. The second-order valence-corrected chi connectivity index (χ2v) is 9.12. The van der Waals surface area contributed by atoms with E-state index in [9.17, 15) is 0 Å². The fourth-order valence-electron chi connectivity index (χ4n) is 2.30. The van der Waals surface area contributed by atoms with Crippen LogP contribution in [0.5, 0.6) is 0 Å². The summed E-state index contributed by atoms with van der Waals surface area (Å²) in [4.78, 5) is 0. The first-order chi connectivity index (χ1) is 10.2. The van der Waals surface area contributed by atoms with Crippen LogP contribution in [0.1, 0.15) is 84.5 Å². The number of unbranched alkanes of at least 4 members (excludes halogenated alkanes) is 9. The van der Waals surface area contributed by atoms with Gasteiger partial charge in [0, 0.05) is 13.2 Å². The smallest absolute Gasteiger partial charge is 0.361 e. The van der Waals surface area contributed by atoms with Crippen molar-refractivity contribution < 1.29 is 8.85 Å². The molecule has 0 aromatic carbocycles. The lowest BCUT2D eigenvalue weighted by Crippen LogP contribution is -2.37. The fraction of sp³-hybridized carbons (Fsp3) is 0.889. The largest absolute Gasteiger partial charge is 0.391 e. The van der Waals surface area contributed by atoms with Crippen LogP contribution in [0, 0.1) is 0 Å². The summed E-state index contributed by atoms with van der Waals surface area (Å²) >= 11 is 0. The lowest BCUT2D eigenvalue weighted by atomic mass is 10.1. The molecule has 0 saturated heterocycles. The molecular weight excluding hydrogens is 276 g/mol. The molecule has 0 saturated carbocycles. The van der Waals surface area contributed by atoms with Gasteiger partial charge in [-0.05, 0) is 25.1 Å². The van der Waals surface area contributed by atoms with Gasteiger partial charge in [0.1, 0.15) is 0 Å². The van der Waals surface area contributed by atoms with Crippen LogP contribution in [0.15, 0.2) is 12.3 Å². The van der Waals surface area contributed by atoms with E-state index in [1.165, 1.54) is 57.8 Å². The molecule has 0 aromatic heterocycles. The Morgan fingerprint density at radius 3 is 1.52 bits per heavy atom. The predicted octanol–water partition coefficient (Wildman–Crippen LogP) is 6.15. The topological polar surface area (TPSA) is 18.5 Å². The van der Waals surface area contributed by atoms with Gasteiger partial charge in [0.05, 0.1) is 0 Å². The Kier molecular flexibility index (Phi) is 14.7. The molecular formula is C18H38O2Si. The van der Waals surface area contributed by atoms with E-state index in [1.54, 1.807) is 0 Å². The first kappa shape index (κ1) is 20.9. The van der Waals surface area contributed by atoms with Crippen molar-refractivity contribution >= 4 is 8.56 Å². The average molecular weight is 315 g/mol. The quantitative estimate of drug-likeness (QED) is 0.251. The first-order valence-electron chi connectivity index (χ1n) is 9.10. The third-order valence-corrected chi connectivity index (χ3v) is 6.19. The lowest BCUT2D eigenvalue weighted by molar-refractivity contribution is 0.177. The Bertz CT molecular complexity index is 233. The molecule has 0 aliphatic carbocycles. The molecule has 1 atom stereocenters. The molecule has 0 N–H and O–H groups in total. The van der Waals surface area contributed by atoms with E-state index < -0.39 is 8.56 Å². The van der Waals surface area contributed by atoms with Crippen LogP contribution in [0.2, 0.25) is 6.55 Å². The van der Waals surface area contributed by atoms with Crippen LogP contribution >= 0.6 is 0 Å². The highest BCUT2D eigenvalue weighted by molar-refractivity contribution is 6.71. The molecule has 2 nitrogen and oxygen atoms in total. The van der Waals surface area contributed by atoms with Crippen molar-refractivity contribution in [1.82, 2.24) is 0 Å². The molecule has 3 heteroatoms. The van der Waals surface area contributed by atoms with E-state index in [-0.39, 0.29) is 0 Å². The molecule has 0 rings (SSSR count). The molecule has 0 aromatic rings. The summed E-state index contributed by atoms with van der Waals surface area (Å²) in [5.74, 6) is 0. The number of rotatable bonds is 16. The van der Waals surface area contributed by atoms with Crippen molar-refractivity contribution in [2.24, 2.45) is 0 Å². The summed E-state index contributed by atoms with van der Waals surface area (Å²) in [6.07, 6.45) is 14.2. The minimum absolute atomic E-state index is 0.825. The molecule has 0 spiro atoms. The van der Waals surface area contributed by atoms with E-state index >= 15 is 0 Å². The zero-order chi connectivity index (χ0) is 15.8. The fourth-order valence-corrected chi connectivity index (χ4v) is 3.72. The molecule has 0 aliphatic rings. The highest BCUT2D eigenvalue weighted by Crippen LogP contribution is 2.13. The van der Waals surface area contributed by atoms with Gasteiger partial charge in [-0.1, -0.05) is 71.6 Å². The molecule has 0 heterocycles. The summed E-state index contributed by atoms with van der Waals surface area (Å²) in [5.41, 5.74) is 1.92. The van der Waals surface area contributed by atoms with Crippen LogP contribution in [0.3, 0.4) is 0 Å². The van der Waals surface area contributed by atoms with Gasteiger partial charge in [-0.15, -0.1) is 6.58 Å². The van der Waals surface area contributed by atoms with Crippen molar-refractivity contribution in [3.05, 3.63) is 12.3 Å². The summed E-state index contributed by atoms with van der Waals surface area (Å²) < 4.78 is 12.0. The van der Waals surface area contributed by atoms with Crippen LogP contribution in [-0.2, 0) is 8.85 Å². The number of hydrogen-bond acceptors (Lipinski definition) is 2. The lowest BCUT2D eigenvalue weighted by Gasteiger charge is -2.23. The minimum Gasteiger partial charge on any atom is -0.391 e. The van der Waals surface area contributed by atoms with Gasteiger partial charge in [0.2, 0.25) is 0 Å². The van der Waals surface area contributed by atoms with Gasteiger partial charge >= 0.3 is 8.56 Å². The maximum Gasteiger partial charge on any atom is 0.361 e. The average Bonchev–Trinajstić information content (AvgIpc) is 2.50. The third-order valence-electron chi connectivity index (χ3n) is 3.89. The van der Waals surface area contributed by atoms with E-state index in [2.05, 4.69) is 27.0 Å². The van der Waals surface area contributed by atoms with Crippen molar-refractivity contribution in [3.8, 4) is 0 Å². The molecule has 21 heavy (non-hydrogen) atoms. The second kappa shape index (κ2) is 14.8. The van der Waals surface area contributed by atoms with Crippen molar-refractivity contribution in [1.29, 1.82) is 0 Å². The predicted molar refractivity (Wildman–Crippen MR) is 95.9 cm³/mol. The van der Waals surface area contributed by atoms with Crippen molar-refractivity contribution in [2.45, 2.75) is 91.0 Å². The van der Waals surface area contributed by atoms with Crippen LogP contribution in [-0.4, -0.2) is 21.8 Å².